The number of amides is 2. The molecule has 0 heterocycles. The van der Waals surface area contributed by atoms with Crippen LogP contribution in [0.3, 0.4) is 0 Å². The van der Waals surface area contributed by atoms with Gasteiger partial charge in [0.05, 0.1) is 10.6 Å². The van der Waals surface area contributed by atoms with Gasteiger partial charge in [-0.05, 0) is 69.5 Å². The molecule has 0 aliphatic carbocycles. The van der Waals surface area contributed by atoms with Crippen molar-refractivity contribution in [3.05, 3.63) is 95.1 Å². The number of rotatable bonds is 11. The van der Waals surface area contributed by atoms with E-state index in [1.54, 1.807) is 43.3 Å². The van der Waals surface area contributed by atoms with E-state index in [9.17, 15) is 18.0 Å². The van der Waals surface area contributed by atoms with Crippen LogP contribution in [0.15, 0.2) is 77.7 Å². The van der Waals surface area contributed by atoms with Crippen molar-refractivity contribution in [2.24, 2.45) is 0 Å². The number of nitrogens with one attached hydrogen (secondary N) is 1. The van der Waals surface area contributed by atoms with Gasteiger partial charge < -0.3 is 10.2 Å². The number of nitrogens with zero attached hydrogens (tertiary/aromatic N) is 2. The topological polar surface area (TPSA) is 86.8 Å². The van der Waals surface area contributed by atoms with Gasteiger partial charge in [0, 0.05) is 13.1 Å². The first kappa shape index (κ1) is 28.9. The molecule has 1 unspecified atom stereocenters. The molecule has 38 heavy (non-hydrogen) atoms. The maximum Gasteiger partial charge on any atom is 0.264 e. The van der Waals surface area contributed by atoms with Crippen molar-refractivity contribution in [3.63, 3.8) is 0 Å². The van der Waals surface area contributed by atoms with Crippen LogP contribution in [0.2, 0.25) is 0 Å². The summed E-state index contributed by atoms with van der Waals surface area (Å²) in [5.74, 6) is -0.749. The third-order valence-electron chi connectivity index (χ3n) is 6.53. The zero-order chi connectivity index (χ0) is 27.9. The largest absolute Gasteiger partial charge is 0.354 e. The maximum absolute atomic E-state index is 13.9. The predicted octanol–water partition coefficient (Wildman–Crippen LogP) is 4.75. The SMILES string of the molecule is CCCNC(=O)C(C)N(Cc1ccccc1C)C(=O)CN(c1ccc(C)cc1)S(=O)(=O)c1ccc(C)cc1. The van der Waals surface area contributed by atoms with E-state index < -0.39 is 28.5 Å². The summed E-state index contributed by atoms with van der Waals surface area (Å²) >= 11 is 0. The molecular formula is C30H37N3O4S. The molecule has 3 aromatic rings. The minimum Gasteiger partial charge on any atom is -0.354 e. The van der Waals surface area contributed by atoms with Gasteiger partial charge in [-0.15, -0.1) is 0 Å². The number of anilines is 1. The van der Waals surface area contributed by atoms with E-state index in [1.807, 2.05) is 64.1 Å². The fraction of sp³-hybridized carbons (Fsp3) is 0.333. The Morgan fingerprint density at radius 3 is 2.03 bits per heavy atom. The van der Waals surface area contributed by atoms with E-state index in [2.05, 4.69) is 5.32 Å². The van der Waals surface area contributed by atoms with Crippen LogP contribution in [0.1, 0.15) is 42.5 Å². The molecule has 3 aromatic carbocycles. The minimum absolute atomic E-state index is 0.0932. The summed E-state index contributed by atoms with van der Waals surface area (Å²) < 4.78 is 28.8. The summed E-state index contributed by atoms with van der Waals surface area (Å²) in [6, 6.07) is 20.4. The van der Waals surface area contributed by atoms with Crippen LogP contribution in [0.4, 0.5) is 5.69 Å². The van der Waals surface area contributed by atoms with Crippen molar-refractivity contribution in [3.8, 4) is 0 Å². The van der Waals surface area contributed by atoms with Crippen LogP contribution >= 0.6 is 0 Å². The number of carbonyl (C=O) groups is 2. The molecule has 0 saturated heterocycles. The van der Waals surface area contributed by atoms with Gasteiger partial charge in [-0.1, -0.05) is 66.6 Å². The van der Waals surface area contributed by atoms with Crippen LogP contribution in [0.25, 0.3) is 0 Å². The number of hydrogen-bond donors (Lipinski definition) is 1. The van der Waals surface area contributed by atoms with Gasteiger partial charge in [-0.3, -0.25) is 13.9 Å². The lowest BCUT2D eigenvalue weighted by Gasteiger charge is -2.32. The molecule has 0 aliphatic heterocycles. The van der Waals surface area contributed by atoms with Crippen LogP contribution in [-0.2, 0) is 26.2 Å². The van der Waals surface area contributed by atoms with E-state index in [0.29, 0.717) is 12.2 Å². The monoisotopic (exact) mass is 535 g/mol. The molecule has 0 saturated carbocycles. The average molecular weight is 536 g/mol. The molecule has 7 nitrogen and oxygen atoms in total. The first-order valence-corrected chi connectivity index (χ1v) is 14.3. The number of aryl methyl sites for hydroxylation is 3. The first-order chi connectivity index (χ1) is 18.0. The van der Waals surface area contributed by atoms with Gasteiger partial charge in [0.2, 0.25) is 11.8 Å². The van der Waals surface area contributed by atoms with Gasteiger partial charge in [0.25, 0.3) is 10.0 Å². The molecule has 2 amide bonds. The van der Waals surface area contributed by atoms with Crippen molar-refractivity contribution in [2.45, 2.75) is 58.5 Å². The number of benzene rings is 3. The van der Waals surface area contributed by atoms with Crippen LogP contribution in [0.5, 0.6) is 0 Å². The molecule has 0 aliphatic rings. The maximum atomic E-state index is 13.9. The summed E-state index contributed by atoms with van der Waals surface area (Å²) in [5.41, 5.74) is 4.14. The van der Waals surface area contributed by atoms with E-state index in [4.69, 9.17) is 0 Å². The van der Waals surface area contributed by atoms with E-state index >= 15 is 0 Å². The summed E-state index contributed by atoms with van der Waals surface area (Å²) in [7, 11) is -4.07. The van der Waals surface area contributed by atoms with Crippen LogP contribution < -0.4 is 9.62 Å². The molecule has 0 fully saturated rings. The Morgan fingerprint density at radius 1 is 0.868 bits per heavy atom. The first-order valence-electron chi connectivity index (χ1n) is 12.8. The summed E-state index contributed by atoms with van der Waals surface area (Å²) in [4.78, 5) is 28.4. The highest BCUT2D eigenvalue weighted by molar-refractivity contribution is 7.92. The number of hydrogen-bond acceptors (Lipinski definition) is 4. The molecule has 1 atom stereocenters. The lowest BCUT2D eigenvalue weighted by atomic mass is 10.1. The third kappa shape index (κ3) is 7.01. The Labute approximate surface area is 226 Å². The molecule has 0 spiro atoms. The lowest BCUT2D eigenvalue weighted by molar-refractivity contribution is -0.139. The van der Waals surface area contributed by atoms with Crippen molar-refractivity contribution >= 4 is 27.5 Å². The third-order valence-corrected chi connectivity index (χ3v) is 8.32. The Hall–Kier alpha value is -3.65. The molecule has 0 aromatic heterocycles. The van der Waals surface area contributed by atoms with Gasteiger partial charge in [-0.25, -0.2) is 8.42 Å². The number of sulfonamides is 1. The standard InChI is InChI=1S/C30H37N3O4S/c1-6-19-31-30(35)25(5)32(20-26-10-8-7-9-24(26)4)29(34)21-33(27-15-11-22(2)12-16-27)38(36,37)28-17-13-23(3)14-18-28/h7-18,25H,6,19-21H2,1-5H3,(H,31,35). The quantitative estimate of drug-likeness (QED) is 0.384. The highest BCUT2D eigenvalue weighted by atomic mass is 32.2. The Morgan fingerprint density at radius 2 is 1.45 bits per heavy atom. The fourth-order valence-corrected chi connectivity index (χ4v) is 5.44. The molecule has 0 radical (unpaired) electrons. The smallest absolute Gasteiger partial charge is 0.264 e. The van der Waals surface area contributed by atoms with Crippen LogP contribution in [-0.4, -0.2) is 44.3 Å². The van der Waals surface area contributed by atoms with E-state index in [0.717, 1.165) is 33.0 Å². The average Bonchev–Trinajstić information content (AvgIpc) is 2.90. The van der Waals surface area contributed by atoms with Gasteiger partial charge in [0.1, 0.15) is 12.6 Å². The molecule has 202 valence electrons. The van der Waals surface area contributed by atoms with Crippen LogP contribution in [0, 0.1) is 20.8 Å². The van der Waals surface area contributed by atoms with Crippen molar-refractivity contribution in [2.75, 3.05) is 17.4 Å². The summed E-state index contributed by atoms with van der Waals surface area (Å²) in [6.07, 6.45) is 0.764. The zero-order valence-corrected chi connectivity index (χ0v) is 23.6. The normalized spacial score (nSPS) is 12.0. The Kier molecular flexibility index (Phi) is 9.69. The van der Waals surface area contributed by atoms with E-state index in [-0.39, 0.29) is 17.3 Å². The second kappa shape index (κ2) is 12.7. The lowest BCUT2D eigenvalue weighted by Crippen LogP contribution is -2.51. The Balaban J connectivity index is 2.02. The fourth-order valence-electron chi connectivity index (χ4n) is 4.03. The van der Waals surface area contributed by atoms with Gasteiger partial charge in [-0.2, -0.15) is 0 Å². The van der Waals surface area contributed by atoms with E-state index in [1.165, 1.54) is 4.90 Å². The van der Waals surface area contributed by atoms with Crippen molar-refractivity contribution in [1.29, 1.82) is 0 Å². The minimum atomic E-state index is -4.07. The van der Waals surface area contributed by atoms with Gasteiger partial charge in [0.15, 0.2) is 0 Å². The molecular weight excluding hydrogens is 498 g/mol. The Bertz CT molecular complexity index is 1350. The molecule has 8 heteroatoms. The highest BCUT2D eigenvalue weighted by Crippen LogP contribution is 2.25. The molecule has 0 bridgehead atoms. The second-order valence-corrected chi connectivity index (χ2v) is 11.4. The summed E-state index contributed by atoms with van der Waals surface area (Å²) in [6.45, 7) is 9.59. The number of carbonyl (C=O) groups excluding carboxylic acids is 2. The second-order valence-electron chi connectivity index (χ2n) is 9.58. The van der Waals surface area contributed by atoms with Crippen molar-refractivity contribution in [1.82, 2.24) is 10.2 Å². The highest BCUT2D eigenvalue weighted by Gasteiger charge is 2.32. The molecule has 3 rings (SSSR count). The predicted molar refractivity (Wildman–Crippen MR) is 151 cm³/mol. The van der Waals surface area contributed by atoms with Crippen molar-refractivity contribution < 1.29 is 18.0 Å². The summed E-state index contributed by atoms with van der Waals surface area (Å²) in [5, 5.41) is 2.86. The zero-order valence-electron chi connectivity index (χ0n) is 22.8. The molecule has 1 N–H and O–H groups in total. The van der Waals surface area contributed by atoms with Gasteiger partial charge >= 0.3 is 0 Å².